The van der Waals surface area contributed by atoms with Gasteiger partial charge < -0.3 is 45.8 Å². The van der Waals surface area contributed by atoms with Crippen LogP contribution in [-0.2, 0) is 9.53 Å². The van der Waals surface area contributed by atoms with E-state index in [0.717, 1.165) is 0 Å². The number of hydrogen-bond acceptors (Lipinski definition) is 9. The first-order chi connectivity index (χ1) is 9.76. The number of hydrogen-bond donors (Lipinski definition) is 8. The SMILES string of the molecule is O=C(O)C1(O)C[C@H](O)[C@@H](NCCO)[C@H]([C@H](O)[C@H](O)CO)O1. The number of aliphatic carboxylic acids is 1. The highest BCUT2D eigenvalue weighted by Gasteiger charge is 2.53. The van der Waals surface area contributed by atoms with E-state index in [-0.39, 0.29) is 13.2 Å². The minimum absolute atomic E-state index is 0.00896. The van der Waals surface area contributed by atoms with Crippen LogP contribution in [0.15, 0.2) is 0 Å². The van der Waals surface area contributed by atoms with Crippen molar-refractivity contribution in [1.29, 1.82) is 0 Å². The lowest BCUT2D eigenvalue weighted by atomic mass is 9.88. The van der Waals surface area contributed by atoms with E-state index in [2.05, 4.69) is 5.32 Å². The summed E-state index contributed by atoms with van der Waals surface area (Å²) in [5, 5.41) is 68.3. The van der Waals surface area contributed by atoms with E-state index in [9.17, 15) is 25.2 Å². The summed E-state index contributed by atoms with van der Waals surface area (Å²) in [5.74, 6) is -4.48. The molecule has 0 bridgehead atoms. The van der Waals surface area contributed by atoms with Crippen molar-refractivity contribution < 1.29 is 45.3 Å². The zero-order valence-electron chi connectivity index (χ0n) is 11.2. The van der Waals surface area contributed by atoms with E-state index in [1.54, 1.807) is 0 Å². The summed E-state index contributed by atoms with van der Waals surface area (Å²) in [4.78, 5) is 11.0. The molecule has 1 unspecified atom stereocenters. The van der Waals surface area contributed by atoms with Crippen LogP contribution < -0.4 is 5.32 Å². The van der Waals surface area contributed by atoms with E-state index in [4.69, 9.17) is 20.1 Å². The average molecular weight is 311 g/mol. The fourth-order valence-corrected chi connectivity index (χ4v) is 2.21. The summed E-state index contributed by atoms with van der Waals surface area (Å²) in [6.45, 7) is -1.11. The molecule has 0 aliphatic carbocycles. The summed E-state index contributed by atoms with van der Waals surface area (Å²) in [7, 11) is 0. The van der Waals surface area contributed by atoms with Gasteiger partial charge in [0.2, 0.25) is 0 Å². The number of aliphatic hydroxyl groups is 6. The third kappa shape index (κ3) is 4.08. The Morgan fingerprint density at radius 3 is 2.48 bits per heavy atom. The molecule has 0 radical (unpaired) electrons. The quantitative estimate of drug-likeness (QED) is 0.228. The van der Waals surface area contributed by atoms with Gasteiger partial charge in [0, 0.05) is 13.0 Å². The monoisotopic (exact) mass is 311 g/mol. The van der Waals surface area contributed by atoms with Crippen molar-refractivity contribution in [2.24, 2.45) is 0 Å². The van der Waals surface area contributed by atoms with Crippen molar-refractivity contribution in [2.45, 2.75) is 42.7 Å². The third-order valence-corrected chi connectivity index (χ3v) is 3.33. The van der Waals surface area contributed by atoms with E-state index in [1.165, 1.54) is 0 Å². The van der Waals surface area contributed by atoms with Gasteiger partial charge in [-0.3, -0.25) is 0 Å². The van der Waals surface area contributed by atoms with Crippen molar-refractivity contribution in [1.82, 2.24) is 5.32 Å². The Labute approximate surface area is 120 Å². The van der Waals surface area contributed by atoms with Gasteiger partial charge in [0.25, 0.3) is 5.79 Å². The lowest BCUT2D eigenvalue weighted by Crippen LogP contribution is -2.67. The standard InChI is InChI=1S/C11H21NO9/c13-2-1-12-7-5(15)3-11(20,10(18)19)21-9(7)8(17)6(16)4-14/h5-9,12-17,20H,1-4H2,(H,18,19)/t5-,6+,7+,8+,9+,11?/m0/s1. The Bertz CT molecular complexity index is 355. The molecule has 10 nitrogen and oxygen atoms in total. The first kappa shape index (κ1) is 18.2. The molecule has 0 amide bonds. The number of carboxylic acid groups (broad SMARTS) is 1. The van der Waals surface area contributed by atoms with Gasteiger partial charge in [0.15, 0.2) is 0 Å². The van der Waals surface area contributed by atoms with Gasteiger partial charge in [-0.1, -0.05) is 0 Å². The van der Waals surface area contributed by atoms with Gasteiger partial charge in [-0.05, 0) is 0 Å². The number of nitrogens with one attached hydrogen (secondary N) is 1. The average Bonchev–Trinajstić information content (AvgIpc) is 2.44. The minimum Gasteiger partial charge on any atom is -0.477 e. The zero-order valence-corrected chi connectivity index (χ0v) is 11.2. The van der Waals surface area contributed by atoms with Gasteiger partial charge in [-0.25, -0.2) is 4.79 Å². The number of ether oxygens (including phenoxy) is 1. The van der Waals surface area contributed by atoms with Crippen LogP contribution in [0.1, 0.15) is 6.42 Å². The highest BCUT2D eigenvalue weighted by Crippen LogP contribution is 2.30. The van der Waals surface area contributed by atoms with Crippen molar-refractivity contribution in [3.63, 3.8) is 0 Å². The van der Waals surface area contributed by atoms with Crippen molar-refractivity contribution in [3.05, 3.63) is 0 Å². The predicted octanol–water partition coefficient (Wildman–Crippen LogP) is -4.43. The van der Waals surface area contributed by atoms with E-state index >= 15 is 0 Å². The number of rotatable bonds is 7. The Morgan fingerprint density at radius 2 is 2.00 bits per heavy atom. The Morgan fingerprint density at radius 1 is 1.38 bits per heavy atom. The second kappa shape index (κ2) is 7.42. The van der Waals surface area contributed by atoms with Crippen LogP contribution in [0.2, 0.25) is 0 Å². The van der Waals surface area contributed by atoms with Crippen LogP contribution in [0.5, 0.6) is 0 Å². The van der Waals surface area contributed by atoms with Gasteiger partial charge in [0.05, 0.1) is 25.4 Å². The maximum absolute atomic E-state index is 11.0. The molecule has 1 aliphatic heterocycles. The second-order valence-electron chi connectivity index (χ2n) is 4.89. The van der Waals surface area contributed by atoms with Crippen molar-refractivity contribution >= 4 is 5.97 Å². The van der Waals surface area contributed by atoms with Gasteiger partial charge in [-0.2, -0.15) is 0 Å². The van der Waals surface area contributed by atoms with Crippen molar-refractivity contribution in [2.75, 3.05) is 19.8 Å². The number of aliphatic hydroxyl groups excluding tert-OH is 5. The second-order valence-corrected chi connectivity index (χ2v) is 4.89. The summed E-state index contributed by atoms with van der Waals surface area (Å²) >= 11 is 0. The topological polar surface area (TPSA) is 180 Å². The predicted molar refractivity (Wildman–Crippen MR) is 66.1 cm³/mol. The molecule has 0 aromatic carbocycles. The molecular weight excluding hydrogens is 290 g/mol. The molecule has 1 rings (SSSR count). The molecule has 0 spiro atoms. The molecule has 1 heterocycles. The van der Waals surface area contributed by atoms with Crippen LogP contribution in [0.3, 0.4) is 0 Å². The zero-order chi connectivity index (χ0) is 16.2. The molecule has 1 saturated heterocycles. The highest BCUT2D eigenvalue weighted by atomic mass is 16.7. The maximum atomic E-state index is 11.0. The molecule has 6 atom stereocenters. The molecule has 0 aromatic rings. The third-order valence-electron chi connectivity index (χ3n) is 3.33. The normalized spacial score (nSPS) is 36.2. The number of carboxylic acids is 1. The lowest BCUT2D eigenvalue weighted by molar-refractivity contribution is -0.295. The lowest BCUT2D eigenvalue weighted by Gasteiger charge is -2.44. The molecule has 1 aliphatic rings. The van der Waals surface area contributed by atoms with Crippen LogP contribution >= 0.6 is 0 Å². The fraction of sp³-hybridized carbons (Fsp3) is 0.909. The summed E-state index contributed by atoms with van der Waals surface area (Å²) in [6, 6.07) is -1.05. The fourth-order valence-electron chi connectivity index (χ4n) is 2.21. The Balaban J connectivity index is 2.99. The summed E-state index contributed by atoms with van der Waals surface area (Å²) in [6.07, 6.45) is -7.01. The minimum atomic E-state index is -2.72. The molecule has 10 heteroatoms. The molecule has 0 aromatic heterocycles. The summed E-state index contributed by atoms with van der Waals surface area (Å²) < 4.78 is 4.93. The molecule has 0 saturated carbocycles. The Hall–Kier alpha value is -0.850. The number of carbonyl (C=O) groups is 1. The largest absolute Gasteiger partial charge is 0.477 e. The first-order valence-corrected chi connectivity index (χ1v) is 6.39. The Kier molecular flexibility index (Phi) is 6.43. The van der Waals surface area contributed by atoms with E-state index < -0.39 is 55.2 Å². The smallest absolute Gasteiger partial charge is 0.364 e. The van der Waals surface area contributed by atoms with Crippen LogP contribution in [0.4, 0.5) is 0 Å². The molecule has 21 heavy (non-hydrogen) atoms. The van der Waals surface area contributed by atoms with Crippen LogP contribution in [0.25, 0.3) is 0 Å². The molecule has 1 fully saturated rings. The summed E-state index contributed by atoms with van der Waals surface area (Å²) in [5.41, 5.74) is 0. The van der Waals surface area contributed by atoms with E-state index in [0.29, 0.717) is 0 Å². The van der Waals surface area contributed by atoms with Gasteiger partial charge in [-0.15, -0.1) is 0 Å². The first-order valence-electron chi connectivity index (χ1n) is 6.39. The van der Waals surface area contributed by atoms with Gasteiger partial charge in [0.1, 0.15) is 18.3 Å². The molecule has 124 valence electrons. The highest BCUT2D eigenvalue weighted by molar-refractivity contribution is 5.75. The van der Waals surface area contributed by atoms with E-state index in [1.807, 2.05) is 0 Å². The van der Waals surface area contributed by atoms with Crippen molar-refractivity contribution in [3.8, 4) is 0 Å². The maximum Gasteiger partial charge on any atom is 0.364 e. The molecule has 8 N–H and O–H groups in total. The molecular formula is C11H21NO9. The van der Waals surface area contributed by atoms with Gasteiger partial charge >= 0.3 is 5.97 Å². The van der Waals surface area contributed by atoms with Crippen LogP contribution in [0, 0.1) is 0 Å². The van der Waals surface area contributed by atoms with Crippen LogP contribution in [-0.4, -0.2) is 97.7 Å².